The molecule has 0 aliphatic heterocycles. The van der Waals surface area contributed by atoms with Gasteiger partial charge >= 0.3 is 0 Å². The molecule has 1 rings (SSSR count). The first-order chi connectivity index (χ1) is 7.58. The van der Waals surface area contributed by atoms with E-state index in [0.717, 1.165) is 11.5 Å². The summed E-state index contributed by atoms with van der Waals surface area (Å²) < 4.78 is 4.84. The van der Waals surface area contributed by atoms with Crippen molar-refractivity contribution in [1.29, 1.82) is 0 Å². The second-order valence-corrected chi connectivity index (χ2v) is 4.82. The number of nitrogens with two attached hydrogens (primary N) is 1. The van der Waals surface area contributed by atoms with Crippen molar-refractivity contribution in [1.82, 2.24) is 5.16 Å². The normalized spacial score (nSPS) is 12.4. The van der Waals surface area contributed by atoms with E-state index in [1.165, 1.54) is 0 Å². The summed E-state index contributed by atoms with van der Waals surface area (Å²) in [6, 6.07) is 1.86. The molecule has 0 saturated heterocycles. The fourth-order valence-corrected chi connectivity index (χ4v) is 1.93. The molecule has 0 aromatic carbocycles. The fraction of sp³-hybridized carbons (Fsp3) is 0.600. The van der Waals surface area contributed by atoms with Gasteiger partial charge in [0.2, 0.25) is 5.91 Å². The lowest BCUT2D eigenvalue weighted by Gasteiger charge is -2.04. The number of aryl methyl sites for hydroxylation is 1. The van der Waals surface area contributed by atoms with Gasteiger partial charge in [0.05, 0.1) is 0 Å². The highest BCUT2D eigenvalue weighted by Gasteiger charge is 2.06. The molecule has 0 aliphatic rings. The Morgan fingerprint density at radius 2 is 2.50 bits per heavy atom. The lowest BCUT2D eigenvalue weighted by atomic mass is 10.4. The summed E-state index contributed by atoms with van der Waals surface area (Å²) in [5.41, 5.74) is 5.59. The molecule has 1 amide bonds. The molecule has 1 atom stereocenters. The van der Waals surface area contributed by atoms with Crippen LogP contribution in [0.3, 0.4) is 0 Å². The third-order valence-corrected chi connectivity index (χ3v) is 3.00. The minimum Gasteiger partial charge on any atom is -0.360 e. The fourth-order valence-electron chi connectivity index (χ4n) is 1.06. The Kier molecular flexibility index (Phi) is 5.34. The Morgan fingerprint density at radius 3 is 3.06 bits per heavy atom. The van der Waals surface area contributed by atoms with E-state index in [-0.39, 0.29) is 11.9 Å². The summed E-state index contributed by atoms with van der Waals surface area (Å²) in [5.74, 6) is 2.74. The first kappa shape index (κ1) is 13.1. The number of nitrogens with zero attached hydrogens (tertiary/aromatic N) is 1. The van der Waals surface area contributed by atoms with Gasteiger partial charge < -0.3 is 15.6 Å². The zero-order valence-electron chi connectivity index (χ0n) is 9.53. The third kappa shape index (κ3) is 5.18. The minimum atomic E-state index is -0.0505. The van der Waals surface area contributed by atoms with E-state index in [0.29, 0.717) is 18.0 Å². The van der Waals surface area contributed by atoms with Crippen molar-refractivity contribution in [2.24, 2.45) is 5.73 Å². The van der Waals surface area contributed by atoms with Crippen LogP contribution < -0.4 is 11.1 Å². The van der Waals surface area contributed by atoms with E-state index >= 15 is 0 Å². The second-order valence-electron chi connectivity index (χ2n) is 3.67. The zero-order chi connectivity index (χ0) is 12.0. The Hall–Kier alpha value is -1.01. The first-order valence-electron chi connectivity index (χ1n) is 5.14. The molecule has 16 heavy (non-hydrogen) atoms. The quantitative estimate of drug-likeness (QED) is 0.738. The number of thioether (sulfide) groups is 1. The average molecular weight is 243 g/mol. The number of rotatable bonds is 6. The summed E-state index contributed by atoms with van der Waals surface area (Å²) in [7, 11) is 0. The number of hydrogen-bond acceptors (Lipinski definition) is 5. The zero-order valence-corrected chi connectivity index (χ0v) is 10.3. The van der Waals surface area contributed by atoms with Gasteiger partial charge in [-0.2, -0.15) is 11.8 Å². The maximum atomic E-state index is 11.4. The molecular weight excluding hydrogens is 226 g/mol. The Morgan fingerprint density at radius 1 is 1.75 bits per heavy atom. The molecule has 90 valence electrons. The highest BCUT2D eigenvalue weighted by molar-refractivity contribution is 7.99. The largest absolute Gasteiger partial charge is 0.360 e. The van der Waals surface area contributed by atoms with Crippen LogP contribution in [0.2, 0.25) is 0 Å². The third-order valence-electron chi connectivity index (χ3n) is 1.75. The summed E-state index contributed by atoms with van der Waals surface area (Å²) in [6.07, 6.45) is 0.462. The van der Waals surface area contributed by atoms with Crippen LogP contribution >= 0.6 is 11.8 Å². The number of carbonyl (C=O) groups excluding carboxylic acids is 1. The number of nitrogens with one attached hydrogen (secondary N) is 1. The monoisotopic (exact) mass is 243 g/mol. The van der Waals surface area contributed by atoms with Gasteiger partial charge in [-0.05, 0) is 13.8 Å². The van der Waals surface area contributed by atoms with Crippen LogP contribution in [0.15, 0.2) is 10.6 Å². The van der Waals surface area contributed by atoms with E-state index in [2.05, 4.69) is 10.5 Å². The Bertz CT molecular complexity index is 339. The van der Waals surface area contributed by atoms with Gasteiger partial charge in [0.25, 0.3) is 0 Å². The van der Waals surface area contributed by atoms with Crippen molar-refractivity contribution < 1.29 is 9.32 Å². The Balaban J connectivity index is 2.16. The van der Waals surface area contributed by atoms with E-state index in [1.54, 1.807) is 24.8 Å². The Labute approximate surface area is 99.1 Å². The van der Waals surface area contributed by atoms with Gasteiger partial charge in [-0.3, -0.25) is 4.79 Å². The van der Waals surface area contributed by atoms with E-state index in [1.807, 2.05) is 6.92 Å². The van der Waals surface area contributed by atoms with Crippen LogP contribution in [0.1, 0.15) is 19.1 Å². The molecule has 0 spiro atoms. The number of amides is 1. The molecule has 1 heterocycles. The van der Waals surface area contributed by atoms with Gasteiger partial charge in [0.15, 0.2) is 5.82 Å². The summed E-state index contributed by atoms with van der Waals surface area (Å²) in [6.45, 7) is 3.73. The SMILES string of the molecule is Cc1cc(NC(=O)CCSCC(C)N)no1. The summed E-state index contributed by atoms with van der Waals surface area (Å²) in [4.78, 5) is 11.4. The molecule has 5 nitrogen and oxygen atoms in total. The maximum absolute atomic E-state index is 11.4. The first-order valence-corrected chi connectivity index (χ1v) is 6.30. The highest BCUT2D eigenvalue weighted by Crippen LogP contribution is 2.09. The van der Waals surface area contributed by atoms with Gasteiger partial charge in [-0.25, -0.2) is 0 Å². The standard InChI is InChI=1S/C10H17N3O2S/c1-7(11)6-16-4-3-10(14)12-9-5-8(2)15-13-9/h5,7H,3-4,6,11H2,1-2H3,(H,12,13,14). The molecule has 0 saturated carbocycles. The summed E-state index contributed by atoms with van der Waals surface area (Å²) in [5, 5.41) is 6.34. The molecular formula is C10H17N3O2S. The summed E-state index contributed by atoms with van der Waals surface area (Å²) >= 11 is 1.68. The smallest absolute Gasteiger partial charge is 0.226 e. The molecule has 0 fully saturated rings. The van der Waals surface area contributed by atoms with Crippen LogP contribution in [0, 0.1) is 6.92 Å². The molecule has 3 N–H and O–H groups in total. The molecule has 6 heteroatoms. The van der Waals surface area contributed by atoms with Gasteiger partial charge in [0, 0.05) is 30.0 Å². The maximum Gasteiger partial charge on any atom is 0.226 e. The van der Waals surface area contributed by atoms with Crippen molar-refractivity contribution in [2.45, 2.75) is 26.3 Å². The van der Waals surface area contributed by atoms with E-state index in [4.69, 9.17) is 10.3 Å². The lowest BCUT2D eigenvalue weighted by molar-refractivity contribution is -0.115. The molecule has 0 radical (unpaired) electrons. The molecule has 1 unspecified atom stereocenters. The van der Waals surface area contributed by atoms with Crippen molar-refractivity contribution in [3.63, 3.8) is 0 Å². The number of carbonyl (C=O) groups is 1. The predicted molar refractivity (Wildman–Crippen MR) is 65.5 cm³/mol. The van der Waals surface area contributed by atoms with Crippen LogP contribution in [0.4, 0.5) is 5.82 Å². The second kappa shape index (κ2) is 6.55. The topological polar surface area (TPSA) is 81.2 Å². The van der Waals surface area contributed by atoms with Crippen LogP contribution in [-0.4, -0.2) is 28.6 Å². The molecule has 1 aromatic heterocycles. The lowest BCUT2D eigenvalue weighted by Crippen LogP contribution is -2.18. The highest BCUT2D eigenvalue weighted by atomic mass is 32.2. The predicted octanol–water partition coefficient (Wildman–Crippen LogP) is 1.39. The van der Waals surface area contributed by atoms with Crippen molar-refractivity contribution in [3.8, 4) is 0 Å². The number of aromatic nitrogens is 1. The van der Waals surface area contributed by atoms with Crippen molar-refractivity contribution in [2.75, 3.05) is 16.8 Å². The van der Waals surface area contributed by atoms with E-state index in [9.17, 15) is 4.79 Å². The van der Waals surface area contributed by atoms with Gasteiger partial charge in [0.1, 0.15) is 5.76 Å². The molecule has 0 aliphatic carbocycles. The van der Waals surface area contributed by atoms with Crippen LogP contribution in [-0.2, 0) is 4.79 Å². The molecule has 0 bridgehead atoms. The van der Waals surface area contributed by atoms with Crippen LogP contribution in [0.5, 0.6) is 0 Å². The van der Waals surface area contributed by atoms with Crippen molar-refractivity contribution >= 4 is 23.5 Å². The molecule has 1 aromatic rings. The van der Waals surface area contributed by atoms with Gasteiger partial charge in [-0.1, -0.05) is 5.16 Å². The van der Waals surface area contributed by atoms with Crippen molar-refractivity contribution in [3.05, 3.63) is 11.8 Å². The van der Waals surface area contributed by atoms with Gasteiger partial charge in [-0.15, -0.1) is 0 Å². The average Bonchev–Trinajstić information content (AvgIpc) is 2.58. The number of hydrogen-bond donors (Lipinski definition) is 2. The number of anilines is 1. The minimum absolute atomic E-state index is 0.0505. The van der Waals surface area contributed by atoms with Crippen LogP contribution in [0.25, 0.3) is 0 Å². The van der Waals surface area contributed by atoms with E-state index < -0.39 is 0 Å².